The number of nitrogens with one attached hydrogen (secondary N) is 1. The van der Waals surface area contributed by atoms with Crippen LogP contribution in [-0.2, 0) is 4.79 Å². The molecule has 0 fully saturated rings. The molecular weight excluding hydrogens is 216 g/mol. The minimum absolute atomic E-state index is 0.114. The first-order valence-electron chi connectivity index (χ1n) is 4.63. The van der Waals surface area contributed by atoms with Gasteiger partial charge in [-0.2, -0.15) is 0 Å². The molecule has 6 heteroatoms. The van der Waals surface area contributed by atoms with Gasteiger partial charge in [-0.15, -0.1) is 10.2 Å². The normalized spacial score (nSPS) is 12.2. The van der Waals surface area contributed by atoms with Gasteiger partial charge in [-0.3, -0.25) is 4.79 Å². The highest BCUT2D eigenvalue weighted by Crippen LogP contribution is 2.08. The lowest BCUT2D eigenvalue weighted by Gasteiger charge is -2.09. The van der Waals surface area contributed by atoms with E-state index in [4.69, 9.17) is 17.3 Å². The molecule has 1 rings (SSSR count). The van der Waals surface area contributed by atoms with Crippen molar-refractivity contribution in [1.82, 2.24) is 10.2 Å². The molecule has 0 radical (unpaired) electrons. The van der Waals surface area contributed by atoms with E-state index in [-0.39, 0.29) is 11.8 Å². The number of rotatable bonds is 4. The lowest BCUT2D eigenvalue weighted by Crippen LogP contribution is -2.23. The van der Waals surface area contributed by atoms with Crippen LogP contribution in [0.2, 0.25) is 5.15 Å². The molecule has 1 aromatic rings. The Kier molecular flexibility index (Phi) is 4.45. The fraction of sp³-hybridized carbons (Fsp3) is 0.444. The van der Waals surface area contributed by atoms with Crippen molar-refractivity contribution in [3.63, 3.8) is 0 Å². The van der Waals surface area contributed by atoms with Gasteiger partial charge < -0.3 is 11.1 Å². The maximum atomic E-state index is 11.5. The fourth-order valence-electron chi connectivity index (χ4n) is 1.01. The van der Waals surface area contributed by atoms with Crippen molar-refractivity contribution in [1.29, 1.82) is 0 Å². The van der Waals surface area contributed by atoms with Crippen LogP contribution in [0.15, 0.2) is 12.1 Å². The molecule has 0 bridgehead atoms. The Hall–Kier alpha value is -1.20. The largest absolute Gasteiger partial charge is 0.330 e. The highest BCUT2D eigenvalue weighted by atomic mass is 35.5. The molecule has 15 heavy (non-hydrogen) atoms. The Morgan fingerprint density at radius 1 is 1.60 bits per heavy atom. The SMILES string of the molecule is CC(CCN)C(=O)Nc1ccc(Cl)nn1. The minimum atomic E-state index is -0.132. The van der Waals surface area contributed by atoms with Gasteiger partial charge in [0.1, 0.15) is 0 Å². The van der Waals surface area contributed by atoms with Crippen molar-refractivity contribution in [2.75, 3.05) is 11.9 Å². The molecule has 1 heterocycles. The van der Waals surface area contributed by atoms with Crippen LogP contribution >= 0.6 is 11.6 Å². The van der Waals surface area contributed by atoms with Crippen LogP contribution in [0, 0.1) is 5.92 Å². The highest BCUT2D eigenvalue weighted by molar-refractivity contribution is 6.29. The van der Waals surface area contributed by atoms with Gasteiger partial charge in [0.2, 0.25) is 5.91 Å². The van der Waals surface area contributed by atoms with Crippen LogP contribution < -0.4 is 11.1 Å². The lowest BCUT2D eigenvalue weighted by atomic mass is 10.1. The third-order valence-electron chi connectivity index (χ3n) is 1.93. The maximum absolute atomic E-state index is 11.5. The minimum Gasteiger partial charge on any atom is -0.330 e. The summed E-state index contributed by atoms with van der Waals surface area (Å²) in [6, 6.07) is 3.17. The molecule has 0 aliphatic carbocycles. The zero-order valence-corrected chi connectivity index (χ0v) is 9.16. The summed E-state index contributed by atoms with van der Waals surface area (Å²) >= 11 is 5.56. The van der Waals surface area contributed by atoms with Gasteiger partial charge in [0, 0.05) is 5.92 Å². The number of anilines is 1. The number of hydrogen-bond acceptors (Lipinski definition) is 4. The number of aromatic nitrogens is 2. The number of amides is 1. The van der Waals surface area contributed by atoms with E-state index in [2.05, 4.69) is 15.5 Å². The van der Waals surface area contributed by atoms with E-state index < -0.39 is 0 Å². The number of nitrogens with zero attached hydrogens (tertiary/aromatic N) is 2. The molecule has 0 saturated carbocycles. The van der Waals surface area contributed by atoms with Crippen LogP contribution in [0.1, 0.15) is 13.3 Å². The predicted octanol–water partition coefficient (Wildman–Crippen LogP) is 1.05. The zero-order valence-electron chi connectivity index (χ0n) is 8.40. The summed E-state index contributed by atoms with van der Waals surface area (Å²) in [6.45, 7) is 2.30. The molecule has 0 aromatic carbocycles. The summed E-state index contributed by atoms with van der Waals surface area (Å²) in [5.41, 5.74) is 5.36. The van der Waals surface area contributed by atoms with Gasteiger partial charge in [-0.05, 0) is 25.1 Å². The monoisotopic (exact) mass is 228 g/mol. The Labute approximate surface area is 93.0 Å². The molecule has 0 aliphatic rings. The Balaban J connectivity index is 2.54. The number of carbonyl (C=O) groups excluding carboxylic acids is 1. The smallest absolute Gasteiger partial charge is 0.228 e. The first-order valence-corrected chi connectivity index (χ1v) is 5.01. The van der Waals surface area contributed by atoms with E-state index >= 15 is 0 Å². The topological polar surface area (TPSA) is 80.9 Å². The predicted molar refractivity (Wildman–Crippen MR) is 58.5 cm³/mol. The molecule has 1 unspecified atom stereocenters. The first kappa shape index (κ1) is 11.9. The molecule has 1 atom stereocenters. The van der Waals surface area contributed by atoms with Crippen molar-refractivity contribution in [3.8, 4) is 0 Å². The number of halogens is 1. The second-order valence-corrected chi connectivity index (χ2v) is 3.60. The summed E-state index contributed by atoms with van der Waals surface area (Å²) in [4.78, 5) is 11.5. The molecule has 1 amide bonds. The van der Waals surface area contributed by atoms with Gasteiger partial charge in [0.05, 0.1) is 0 Å². The third kappa shape index (κ3) is 3.81. The molecule has 82 valence electrons. The lowest BCUT2D eigenvalue weighted by molar-refractivity contribution is -0.119. The molecule has 0 saturated heterocycles. The second kappa shape index (κ2) is 5.63. The van der Waals surface area contributed by atoms with Gasteiger partial charge in [-0.1, -0.05) is 18.5 Å². The van der Waals surface area contributed by atoms with Crippen LogP contribution in [0.4, 0.5) is 5.82 Å². The van der Waals surface area contributed by atoms with Gasteiger partial charge in [0.15, 0.2) is 11.0 Å². The Morgan fingerprint density at radius 3 is 2.87 bits per heavy atom. The summed E-state index contributed by atoms with van der Waals surface area (Å²) < 4.78 is 0. The van der Waals surface area contributed by atoms with E-state index in [0.29, 0.717) is 23.9 Å². The van der Waals surface area contributed by atoms with Crippen LogP contribution in [0.3, 0.4) is 0 Å². The molecule has 3 N–H and O–H groups in total. The van der Waals surface area contributed by atoms with E-state index in [0.717, 1.165) is 0 Å². The molecule has 5 nitrogen and oxygen atoms in total. The summed E-state index contributed by atoms with van der Waals surface area (Å²) in [7, 11) is 0. The Morgan fingerprint density at radius 2 is 2.33 bits per heavy atom. The molecular formula is C9H13ClN4O. The molecule has 1 aromatic heterocycles. The number of hydrogen-bond donors (Lipinski definition) is 2. The highest BCUT2D eigenvalue weighted by Gasteiger charge is 2.12. The van der Waals surface area contributed by atoms with Gasteiger partial charge in [-0.25, -0.2) is 0 Å². The van der Waals surface area contributed by atoms with Crippen LogP contribution in [0.5, 0.6) is 0 Å². The van der Waals surface area contributed by atoms with Crippen molar-refractivity contribution in [2.45, 2.75) is 13.3 Å². The van der Waals surface area contributed by atoms with E-state index in [1.165, 1.54) is 0 Å². The fourth-order valence-corrected chi connectivity index (χ4v) is 1.11. The molecule has 0 spiro atoms. The average Bonchev–Trinajstić information content (AvgIpc) is 2.22. The van der Waals surface area contributed by atoms with Gasteiger partial charge >= 0.3 is 0 Å². The Bertz CT molecular complexity index is 327. The summed E-state index contributed by atoms with van der Waals surface area (Å²) in [5, 5.41) is 10.3. The maximum Gasteiger partial charge on any atom is 0.228 e. The average molecular weight is 229 g/mol. The quantitative estimate of drug-likeness (QED) is 0.807. The van der Waals surface area contributed by atoms with Crippen molar-refractivity contribution >= 4 is 23.3 Å². The second-order valence-electron chi connectivity index (χ2n) is 3.21. The van der Waals surface area contributed by atoms with Crippen molar-refractivity contribution in [3.05, 3.63) is 17.3 Å². The number of carbonyl (C=O) groups is 1. The van der Waals surface area contributed by atoms with E-state index in [9.17, 15) is 4.79 Å². The van der Waals surface area contributed by atoms with Crippen LogP contribution in [0.25, 0.3) is 0 Å². The van der Waals surface area contributed by atoms with Crippen molar-refractivity contribution < 1.29 is 4.79 Å². The third-order valence-corrected chi connectivity index (χ3v) is 2.13. The zero-order chi connectivity index (χ0) is 11.3. The first-order chi connectivity index (χ1) is 7.13. The summed E-state index contributed by atoms with van der Waals surface area (Å²) in [6.07, 6.45) is 0.646. The van der Waals surface area contributed by atoms with Crippen molar-refractivity contribution in [2.24, 2.45) is 11.7 Å². The van der Waals surface area contributed by atoms with Gasteiger partial charge in [0.25, 0.3) is 0 Å². The van der Waals surface area contributed by atoms with E-state index in [1.54, 1.807) is 12.1 Å². The summed E-state index contributed by atoms with van der Waals surface area (Å²) in [5.74, 6) is 0.151. The molecule has 0 aliphatic heterocycles. The van der Waals surface area contributed by atoms with Crippen LogP contribution in [-0.4, -0.2) is 22.6 Å². The standard InChI is InChI=1S/C9H13ClN4O/c1-6(4-5-11)9(15)12-8-3-2-7(10)13-14-8/h2-3,6H,4-5,11H2,1H3,(H,12,14,15). The number of nitrogens with two attached hydrogens (primary N) is 1. The van der Waals surface area contributed by atoms with E-state index in [1.807, 2.05) is 6.92 Å².